The molecule has 168 valence electrons. The lowest BCUT2D eigenvalue weighted by atomic mass is 9.89. The number of benzene rings is 1. The van der Waals surface area contributed by atoms with Gasteiger partial charge in [-0.15, -0.1) is 11.3 Å². The first-order valence-corrected chi connectivity index (χ1v) is 12.9. The molecule has 2 heterocycles. The first kappa shape index (κ1) is 23.7. The number of hydrogen-bond acceptors (Lipinski definition) is 5. The molecule has 1 aromatic heterocycles. The molecule has 10 heteroatoms. The van der Waals surface area contributed by atoms with Crippen molar-refractivity contribution in [2.45, 2.75) is 37.1 Å². The summed E-state index contributed by atoms with van der Waals surface area (Å²) in [5, 5.41) is 8.00. The Morgan fingerprint density at radius 3 is 2.45 bits per heavy atom. The van der Waals surface area contributed by atoms with Crippen LogP contribution in [0.5, 0.6) is 0 Å². The van der Waals surface area contributed by atoms with Gasteiger partial charge in [0.2, 0.25) is 15.9 Å². The summed E-state index contributed by atoms with van der Waals surface area (Å²) in [4.78, 5) is 26.1. The summed E-state index contributed by atoms with van der Waals surface area (Å²) in [6, 6.07) is 8.87. The van der Waals surface area contributed by atoms with E-state index in [-0.39, 0.29) is 35.7 Å². The predicted molar refractivity (Wildman–Crippen MR) is 122 cm³/mol. The molecule has 2 aromatic rings. The lowest BCUT2D eigenvalue weighted by molar-refractivity contribution is -0.124. The van der Waals surface area contributed by atoms with Crippen molar-refractivity contribution in [3.63, 3.8) is 0 Å². The number of halogens is 1. The van der Waals surface area contributed by atoms with Crippen molar-refractivity contribution in [3.8, 4) is 0 Å². The van der Waals surface area contributed by atoms with Gasteiger partial charge in [-0.25, -0.2) is 8.42 Å². The second-order valence-electron chi connectivity index (χ2n) is 7.41. The van der Waals surface area contributed by atoms with E-state index in [1.165, 1.54) is 27.8 Å². The van der Waals surface area contributed by atoms with E-state index in [4.69, 9.17) is 11.6 Å². The van der Waals surface area contributed by atoms with Gasteiger partial charge in [-0.05, 0) is 60.9 Å². The van der Waals surface area contributed by atoms with Crippen molar-refractivity contribution in [2.24, 2.45) is 5.92 Å². The summed E-state index contributed by atoms with van der Waals surface area (Å²) < 4.78 is 27.3. The summed E-state index contributed by atoms with van der Waals surface area (Å²) in [6.45, 7) is 3.04. The van der Waals surface area contributed by atoms with Crippen molar-refractivity contribution in [2.75, 3.05) is 19.6 Å². The Kier molecular flexibility index (Phi) is 8.10. The van der Waals surface area contributed by atoms with Gasteiger partial charge in [0.15, 0.2) is 0 Å². The molecule has 0 radical (unpaired) electrons. The van der Waals surface area contributed by atoms with Crippen LogP contribution in [-0.4, -0.2) is 50.2 Å². The Hall–Kier alpha value is -1.94. The van der Waals surface area contributed by atoms with E-state index < -0.39 is 16.1 Å². The molecule has 3 rings (SSSR count). The topological polar surface area (TPSA) is 95.6 Å². The molecule has 0 spiro atoms. The fourth-order valence-corrected chi connectivity index (χ4v) is 5.80. The zero-order valence-electron chi connectivity index (χ0n) is 17.2. The Balaban J connectivity index is 1.69. The molecule has 1 aliphatic heterocycles. The van der Waals surface area contributed by atoms with E-state index in [1.807, 2.05) is 6.92 Å². The molecule has 1 atom stereocenters. The van der Waals surface area contributed by atoms with Gasteiger partial charge in [-0.3, -0.25) is 9.59 Å². The first-order chi connectivity index (χ1) is 14.8. The SMILES string of the molecule is CCCNC(=O)[C@@H](NC(=O)c1cccs1)C1CCN(S(=O)(=O)c2ccc(Cl)cc2)CC1. The number of piperidine rings is 1. The van der Waals surface area contributed by atoms with Crippen LogP contribution in [0.25, 0.3) is 0 Å². The van der Waals surface area contributed by atoms with Gasteiger partial charge >= 0.3 is 0 Å². The number of carbonyl (C=O) groups excluding carboxylic acids is 2. The van der Waals surface area contributed by atoms with Gasteiger partial charge in [0.1, 0.15) is 6.04 Å². The average Bonchev–Trinajstić information content (AvgIpc) is 3.31. The van der Waals surface area contributed by atoms with E-state index >= 15 is 0 Å². The van der Waals surface area contributed by atoms with Crippen LogP contribution in [-0.2, 0) is 14.8 Å². The standard InChI is InChI=1S/C21H26ClN3O4S2/c1-2-11-23-21(27)19(24-20(26)18-4-3-14-30-18)15-9-12-25(13-10-15)31(28,29)17-7-5-16(22)6-8-17/h3-8,14-15,19H,2,9-13H2,1H3,(H,23,27)(H,24,26)/t19-/m0/s1. The quantitative estimate of drug-likeness (QED) is 0.603. The largest absolute Gasteiger partial charge is 0.354 e. The Morgan fingerprint density at radius 1 is 1.19 bits per heavy atom. The number of carbonyl (C=O) groups is 2. The molecule has 0 unspecified atom stereocenters. The monoisotopic (exact) mass is 483 g/mol. The van der Waals surface area contributed by atoms with Gasteiger partial charge in [0.05, 0.1) is 9.77 Å². The number of nitrogens with one attached hydrogen (secondary N) is 2. The number of thiophene rings is 1. The lowest BCUT2D eigenvalue weighted by Gasteiger charge is -2.35. The third-order valence-corrected chi connectivity index (χ3v) is 8.32. The van der Waals surface area contributed by atoms with Crippen molar-refractivity contribution < 1.29 is 18.0 Å². The fraction of sp³-hybridized carbons (Fsp3) is 0.429. The highest BCUT2D eigenvalue weighted by Crippen LogP contribution is 2.27. The minimum atomic E-state index is -3.63. The van der Waals surface area contributed by atoms with Crippen LogP contribution < -0.4 is 10.6 Å². The molecule has 1 fully saturated rings. The molecule has 0 saturated carbocycles. The maximum atomic E-state index is 12.9. The predicted octanol–water partition coefficient (Wildman–Crippen LogP) is 3.13. The fourth-order valence-electron chi connectivity index (χ4n) is 3.58. The Bertz CT molecular complexity index is 986. The molecule has 0 bridgehead atoms. The number of hydrogen-bond donors (Lipinski definition) is 2. The van der Waals surface area contributed by atoms with Crippen LogP contribution in [0.4, 0.5) is 0 Å². The van der Waals surface area contributed by atoms with Gasteiger partial charge in [0, 0.05) is 24.7 Å². The highest BCUT2D eigenvalue weighted by Gasteiger charge is 2.36. The van der Waals surface area contributed by atoms with Crippen molar-refractivity contribution in [1.29, 1.82) is 0 Å². The molecule has 1 aliphatic rings. The minimum Gasteiger partial charge on any atom is -0.354 e. The second-order valence-corrected chi connectivity index (χ2v) is 10.7. The summed E-state index contributed by atoms with van der Waals surface area (Å²) in [5.41, 5.74) is 0. The maximum Gasteiger partial charge on any atom is 0.262 e. The normalized spacial score (nSPS) is 16.6. The van der Waals surface area contributed by atoms with Crippen molar-refractivity contribution in [3.05, 3.63) is 51.7 Å². The maximum absolute atomic E-state index is 12.9. The van der Waals surface area contributed by atoms with Crippen molar-refractivity contribution in [1.82, 2.24) is 14.9 Å². The van der Waals surface area contributed by atoms with Crippen LogP contribution in [0.1, 0.15) is 35.9 Å². The van der Waals surface area contributed by atoms with Gasteiger partial charge < -0.3 is 10.6 Å². The van der Waals surface area contributed by atoms with E-state index in [0.29, 0.717) is 29.3 Å². The van der Waals surface area contributed by atoms with Crippen LogP contribution in [0.3, 0.4) is 0 Å². The minimum absolute atomic E-state index is 0.155. The molecule has 2 N–H and O–H groups in total. The average molecular weight is 484 g/mol. The molecular formula is C21H26ClN3O4S2. The smallest absolute Gasteiger partial charge is 0.262 e. The number of nitrogens with zero attached hydrogens (tertiary/aromatic N) is 1. The molecule has 2 amide bonds. The second kappa shape index (κ2) is 10.6. The van der Waals surface area contributed by atoms with E-state index in [2.05, 4.69) is 10.6 Å². The zero-order valence-corrected chi connectivity index (χ0v) is 19.6. The molecular weight excluding hydrogens is 458 g/mol. The van der Waals surface area contributed by atoms with Crippen LogP contribution in [0, 0.1) is 5.92 Å². The van der Waals surface area contributed by atoms with Crippen LogP contribution in [0.2, 0.25) is 5.02 Å². The van der Waals surface area contributed by atoms with Crippen LogP contribution >= 0.6 is 22.9 Å². The molecule has 31 heavy (non-hydrogen) atoms. The lowest BCUT2D eigenvalue weighted by Crippen LogP contribution is -2.53. The zero-order chi connectivity index (χ0) is 22.4. The number of sulfonamides is 1. The van der Waals surface area contributed by atoms with Gasteiger partial charge in [-0.2, -0.15) is 4.31 Å². The van der Waals surface area contributed by atoms with E-state index in [0.717, 1.165) is 6.42 Å². The highest BCUT2D eigenvalue weighted by molar-refractivity contribution is 7.89. The number of amides is 2. The van der Waals surface area contributed by atoms with Gasteiger partial charge in [-0.1, -0.05) is 24.6 Å². The van der Waals surface area contributed by atoms with Crippen LogP contribution in [0.15, 0.2) is 46.7 Å². The summed E-state index contributed by atoms with van der Waals surface area (Å²) in [5.74, 6) is -0.675. The first-order valence-electron chi connectivity index (χ1n) is 10.2. The molecule has 1 aromatic carbocycles. The van der Waals surface area contributed by atoms with E-state index in [9.17, 15) is 18.0 Å². The van der Waals surface area contributed by atoms with Gasteiger partial charge in [0.25, 0.3) is 5.91 Å². The third-order valence-electron chi connectivity index (χ3n) is 5.28. The Morgan fingerprint density at radius 2 is 1.87 bits per heavy atom. The molecule has 1 saturated heterocycles. The summed E-state index contributed by atoms with van der Waals surface area (Å²) >= 11 is 7.18. The summed E-state index contributed by atoms with van der Waals surface area (Å²) in [7, 11) is -3.63. The van der Waals surface area contributed by atoms with E-state index in [1.54, 1.807) is 29.6 Å². The highest BCUT2D eigenvalue weighted by atomic mass is 35.5. The molecule has 7 nitrogen and oxygen atoms in total. The Labute approximate surface area is 191 Å². The van der Waals surface area contributed by atoms with Crippen molar-refractivity contribution >= 4 is 44.8 Å². The number of rotatable bonds is 8. The third kappa shape index (κ3) is 5.85. The molecule has 0 aliphatic carbocycles. The summed E-state index contributed by atoms with van der Waals surface area (Å²) in [6.07, 6.45) is 1.73.